The molecule has 0 saturated carbocycles. The van der Waals surface area contributed by atoms with Crippen LogP contribution in [0.4, 0.5) is 11.5 Å². The Bertz CT molecular complexity index is 442. The number of aromatic nitrogens is 2. The Morgan fingerprint density at radius 2 is 2.16 bits per heavy atom. The molecule has 0 saturated heterocycles. The molecule has 0 radical (unpaired) electrons. The van der Waals surface area contributed by atoms with Crippen molar-refractivity contribution in [1.29, 1.82) is 0 Å². The lowest BCUT2D eigenvalue weighted by Gasteiger charge is -2.18. The van der Waals surface area contributed by atoms with Gasteiger partial charge in [-0.25, -0.2) is 4.68 Å². The fourth-order valence-electron chi connectivity index (χ4n) is 2.11. The highest BCUT2D eigenvalue weighted by Crippen LogP contribution is 2.34. The van der Waals surface area contributed by atoms with Gasteiger partial charge in [0.1, 0.15) is 5.69 Å². The third-order valence-corrected chi connectivity index (χ3v) is 3.03. The van der Waals surface area contributed by atoms with Crippen molar-refractivity contribution in [3.8, 4) is 0 Å². The van der Waals surface area contributed by atoms with Crippen LogP contribution in [0.5, 0.6) is 0 Å². The maximum absolute atomic E-state index is 11.3. The first kappa shape index (κ1) is 15.4. The van der Waals surface area contributed by atoms with E-state index in [1.807, 2.05) is 32.8 Å². The summed E-state index contributed by atoms with van der Waals surface area (Å²) < 4.78 is 1.60. The predicted octanol–water partition coefficient (Wildman–Crippen LogP) is 1.50. The lowest BCUT2D eigenvalue weighted by molar-refractivity contribution is -0.385. The number of anilines is 1. The summed E-state index contributed by atoms with van der Waals surface area (Å²) >= 11 is 0. The first-order valence-corrected chi connectivity index (χ1v) is 6.47. The zero-order valence-corrected chi connectivity index (χ0v) is 12.3. The average Bonchev–Trinajstić information content (AvgIpc) is 2.67. The molecule has 7 heteroatoms. The van der Waals surface area contributed by atoms with Gasteiger partial charge in [0.2, 0.25) is 5.82 Å². The third-order valence-electron chi connectivity index (χ3n) is 3.03. The highest BCUT2D eigenvalue weighted by molar-refractivity contribution is 5.61. The molecule has 0 unspecified atom stereocenters. The molecule has 19 heavy (non-hydrogen) atoms. The Kier molecular flexibility index (Phi) is 5.29. The van der Waals surface area contributed by atoms with E-state index < -0.39 is 0 Å². The van der Waals surface area contributed by atoms with Crippen molar-refractivity contribution in [3.63, 3.8) is 0 Å². The molecule has 1 aromatic rings. The Hall–Kier alpha value is -1.63. The topological polar surface area (TPSA) is 76.2 Å². The smallest absolute Gasteiger partial charge is 0.334 e. The summed E-state index contributed by atoms with van der Waals surface area (Å²) in [6, 6.07) is 0. The number of rotatable bonds is 7. The van der Waals surface area contributed by atoms with E-state index in [4.69, 9.17) is 0 Å². The molecule has 7 nitrogen and oxygen atoms in total. The summed E-state index contributed by atoms with van der Waals surface area (Å²) in [5.41, 5.74) is 0.674. The van der Waals surface area contributed by atoms with E-state index in [-0.39, 0.29) is 16.5 Å². The highest BCUT2D eigenvalue weighted by Gasteiger charge is 2.30. The van der Waals surface area contributed by atoms with Gasteiger partial charge in [-0.15, -0.1) is 0 Å². The van der Waals surface area contributed by atoms with Gasteiger partial charge in [0.25, 0.3) is 0 Å². The lowest BCUT2D eigenvalue weighted by Crippen LogP contribution is -2.24. The van der Waals surface area contributed by atoms with Gasteiger partial charge in [0, 0.05) is 26.6 Å². The maximum atomic E-state index is 11.3. The van der Waals surface area contributed by atoms with Gasteiger partial charge in [-0.1, -0.05) is 13.8 Å². The van der Waals surface area contributed by atoms with Gasteiger partial charge < -0.3 is 10.2 Å². The average molecular weight is 269 g/mol. The summed E-state index contributed by atoms with van der Waals surface area (Å²) in [4.78, 5) is 12.9. The number of nitrogens with one attached hydrogen (secondary N) is 1. The van der Waals surface area contributed by atoms with Gasteiger partial charge >= 0.3 is 5.69 Å². The minimum atomic E-state index is -0.327. The van der Waals surface area contributed by atoms with Crippen molar-refractivity contribution in [3.05, 3.63) is 15.8 Å². The summed E-state index contributed by atoms with van der Waals surface area (Å²) in [5, 5.41) is 18.7. The van der Waals surface area contributed by atoms with Crippen LogP contribution in [-0.4, -0.2) is 41.9 Å². The van der Waals surface area contributed by atoms with Crippen molar-refractivity contribution in [2.24, 2.45) is 7.05 Å². The lowest BCUT2D eigenvalue weighted by atomic mass is 10.1. The third kappa shape index (κ3) is 3.44. The van der Waals surface area contributed by atoms with Crippen LogP contribution in [0.1, 0.15) is 31.9 Å². The van der Waals surface area contributed by atoms with Crippen LogP contribution in [0.3, 0.4) is 0 Å². The second-order valence-corrected chi connectivity index (χ2v) is 4.97. The Morgan fingerprint density at radius 1 is 1.53 bits per heavy atom. The number of nitrogens with zero attached hydrogens (tertiary/aromatic N) is 4. The summed E-state index contributed by atoms with van der Waals surface area (Å²) in [5.74, 6) is 0.607. The van der Waals surface area contributed by atoms with Gasteiger partial charge in [0.05, 0.1) is 4.92 Å². The molecular formula is C12H23N5O2. The normalized spacial score (nSPS) is 11.1. The van der Waals surface area contributed by atoms with Crippen LogP contribution >= 0.6 is 0 Å². The zero-order chi connectivity index (χ0) is 14.6. The van der Waals surface area contributed by atoms with Gasteiger partial charge in [-0.3, -0.25) is 10.1 Å². The quantitative estimate of drug-likeness (QED) is 0.461. The highest BCUT2D eigenvalue weighted by atomic mass is 16.6. The summed E-state index contributed by atoms with van der Waals surface area (Å²) in [6.07, 6.45) is 0.923. The second-order valence-electron chi connectivity index (χ2n) is 4.97. The maximum Gasteiger partial charge on any atom is 0.334 e. The van der Waals surface area contributed by atoms with E-state index in [0.29, 0.717) is 11.5 Å². The molecule has 0 spiro atoms. The molecular weight excluding hydrogens is 246 g/mol. The molecule has 0 aliphatic carbocycles. The molecule has 0 atom stereocenters. The minimum Gasteiger partial charge on any atom is -0.354 e. The minimum absolute atomic E-state index is 0.0334. The van der Waals surface area contributed by atoms with Crippen LogP contribution in [0.25, 0.3) is 0 Å². The van der Waals surface area contributed by atoms with E-state index in [2.05, 4.69) is 10.4 Å². The monoisotopic (exact) mass is 269 g/mol. The molecule has 1 rings (SSSR count). The van der Waals surface area contributed by atoms with Gasteiger partial charge in [0.15, 0.2) is 0 Å². The molecule has 0 fully saturated rings. The van der Waals surface area contributed by atoms with E-state index in [1.165, 1.54) is 0 Å². The van der Waals surface area contributed by atoms with Crippen molar-refractivity contribution in [2.75, 3.05) is 32.1 Å². The molecule has 0 aliphatic heterocycles. The first-order valence-electron chi connectivity index (χ1n) is 6.47. The predicted molar refractivity (Wildman–Crippen MR) is 75.8 cm³/mol. The Labute approximate surface area is 113 Å². The van der Waals surface area contributed by atoms with Crippen molar-refractivity contribution >= 4 is 11.5 Å². The van der Waals surface area contributed by atoms with Gasteiger partial charge in [-0.05, 0) is 20.0 Å². The van der Waals surface area contributed by atoms with Crippen LogP contribution in [0.15, 0.2) is 0 Å². The fourth-order valence-corrected chi connectivity index (χ4v) is 2.11. The van der Waals surface area contributed by atoms with E-state index in [9.17, 15) is 10.1 Å². The Morgan fingerprint density at radius 3 is 2.63 bits per heavy atom. The number of hydrogen-bond acceptors (Lipinski definition) is 5. The largest absolute Gasteiger partial charge is 0.354 e. The summed E-state index contributed by atoms with van der Waals surface area (Å²) in [7, 11) is 5.51. The molecule has 108 valence electrons. The molecule has 0 bridgehead atoms. The van der Waals surface area contributed by atoms with Crippen molar-refractivity contribution in [2.45, 2.75) is 26.2 Å². The number of nitro groups is 1. The molecule has 0 amide bonds. The van der Waals surface area contributed by atoms with E-state index in [0.717, 1.165) is 19.5 Å². The Balaban J connectivity index is 3.08. The second kappa shape index (κ2) is 6.51. The standard InChI is InChI=1S/C12H23N5O2/c1-9(2)10-11(17(18)19)12(16(5)14-10)15(4)8-6-7-13-3/h9,13H,6-8H2,1-5H3. The molecule has 0 aliphatic rings. The molecule has 1 N–H and O–H groups in total. The first-order chi connectivity index (χ1) is 8.90. The number of hydrogen-bond donors (Lipinski definition) is 1. The van der Waals surface area contributed by atoms with Crippen molar-refractivity contribution in [1.82, 2.24) is 15.1 Å². The summed E-state index contributed by atoms with van der Waals surface area (Å²) in [6.45, 7) is 5.46. The van der Waals surface area contributed by atoms with Crippen LogP contribution in [0, 0.1) is 10.1 Å². The fraction of sp³-hybridized carbons (Fsp3) is 0.750. The number of aryl methyl sites for hydroxylation is 1. The van der Waals surface area contributed by atoms with Crippen molar-refractivity contribution < 1.29 is 4.92 Å². The van der Waals surface area contributed by atoms with Crippen LogP contribution in [0.2, 0.25) is 0 Å². The molecule has 1 heterocycles. The molecule has 1 aromatic heterocycles. The van der Waals surface area contributed by atoms with E-state index in [1.54, 1.807) is 11.7 Å². The van der Waals surface area contributed by atoms with Crippen LogP contribution < -0.4 is 10.2 Å². The zero-order valence-electron chi connectivity index (χ0n) is 12.3. The van der Waals surface area contributed by atoms with Crippen LogP contribution in [-0.2, 0) is 7.05 Å². The van der Waals surface area contributed by atoms with E-state index >= 15 is 0 Å². The van der Waals surface area contributed by atoms with Gasteiger partial charge in [-0.2, -0.15) is 5.10 Å². The molecule has 0 aromatic carbocycles. The SMILES string of the molecule is CNCCCN(C)c1c([N+](=O)[O-])c(C(C)C)nn1C.